The number of benzene rings is 1. The predicted molar refractivity (Wildman–Crippen MR) is 85.4 cm³/mol. The van der Waals surface area contributed by atoms with Gasteiger partial charge in [0.1, 0.15) is 11.5 Å². The van der Waals surface area contributed by atoms with Crippen molar-refractivity contribution in [3.63, 3.8) is 0 Å². The largest absolute Gasteiger partial charge is 0.493 e. The normalized spacial score (nSPS) is 10.8. The van der Waals surface area contributed by atoms with Gasteiger partial charge in [-0.3, -0.25) is 4.79 Å². The Morgan fingerprint density at radius 3 is 3.05 bits per heavy atom. The molecule has 1 amide bonds. The molecule has 0 fully saturated rings. The lowest BCUT2D eigenvalue weighted by Crippen LogP contribution is -2.18. The standard InChI is InChI=1S/C16H17ClN2O3/c1-12-10-13(17)6-7-15(12)22-9-3-5-16(20)19-18-11-14-4-2-8-21-14/h2,4,6-8,10-11H,3,5,9H2,1H3,(H,19,20)/b18-11-. The third kappa shape index (κ3) is 5.26. The SMILES string of the molecule is Cc1cc(Cl)ccc1OCCCC(=O)N/N=C\c1ccco1. The topological polar surface area (TPSA) is 63.8 Å². The molecule has 0 unspecified atom stereocenters. The number of rotatable bonds is 7. The van der Waals surface area contributed by atoms with Crippen LogP contribution < -0.4 is 10.2 Å². The van der Waals surface area contributed by atoms with Crippen molar-refractivity contribution in [3.8, 4) is 5.75 Å². The Bertz CT molecular complexity index is 639. The van der Waals surface area contributed by atoms with Crippen LogP contribution in [-0.2, 0) is 4.79 Å². The van der Waals surface area contributed by atoms with E-state index >= 15 is 0 Å². The van der Waals surface area contributed by atoms with Gasteiger partial charge in [0.2, 0.25) is 5.91 Å². The van der Waals surface area contributed by atoms with Gasteiger partial charge in [0.15, 0.2) is 0 Å². The van der Waals surface area contributed by atoms with Crippen molar-refractivity contribution in [2.24, 2.45) is 5.10 Å². The first-order valence-electron chi connectivity index (χ1n) is 6.89. The van der Waals surface area contributed by atoms with E-state index in [-0.39, 0.29) is 5.91 Å². The molecule has 2 rings (SSSR count). The molecule has 5 nitrogen and oxygen atoms in total. The van der Waals surface area contributed by atoms with E-state index in [0.717, 1.165) is 11.3 Å². The minimum absolute atomic E-state index is 0.167. The van der Waals surface area contributed by atoms with E-state index in [4.69, 9.17) is 20.8 Å². The Labute approximate surface area is 133 Å². The van der Waals surface area contributed by atoms with Gasteiger partial charge in [0.05, 0.1) is 19.1 Å². The van der Waals surface area contributed by atoms with Gasteiger partial charge in [0.25, 0.3) is 0 Å². The Morgan fingerprint density at radius 1 is 1.45 bits per heavy atom. The molecule has 0 radical (unpaired) electrons. The van der Waals surface area contributed by atoms with Crippen molar-refractivity contribution in [3.05, 3.63) is 52.9 Å². The average molecular weight is 321 g/mol. The zero-order valence-corrected chi connectivity index (χ0v) is 13.0. The molecule has 0 saturated carbocycles. The number of furan rings is 1. The molecule has 0 saturated heterocycles. The van der Waals surface area contributed by atoms with Crippen LogP contribution in [0.2, 0.25) is 5.02 Å². The average Bonchev–Trinajstić information content (AvgIpc) is 2.99. The summed E-state index contributed by atoms with van der Waals surface area (Å²) < 4.78 is 10.7. The summed E-state index contributed by atoms with van der Waals surface area (Å²) in [5, 5.41) is 4.48. The van der Waals surface area contributed by atoms with Crippen molar-refractivity contribution in [2.75, 3.05) is 6.61 Å². The molecule has 0 aliphatic rings. The molecule has 1 aromatic carbocycles. The maximum Gasteiger partial charge on any atom is 0.240 e. The molecule has 1 aromatic heterocycles. The van der Waals surface area contributed by atoms with Gasteiger partial charge in [-0.1, -0.05) is 11.6 Å². The first-order valence-corrected chi connectivity index (χ1v) is 7.27. The third-order valence-electron chi connectivity index (χ3n) is 2.87. The molecule has 6 heteroatoms. The quantitative estimate of drug-likeness (QED) is 0.482. The minimum atomic E-state index is -0.167. The number of hydrogen-bond acceptors (Lipinski definition) is 4. The maximum absolute atomic E-state index is 11.6. The van der Waals surface area contributed by atoms with E-state index in [1.807, 2.05) is 19.1 Å². The van der Waals surface area contributed by atoms with Crippen LogP contribution in [0.3, 0.4) is 0 Å². The van der Waals surface area contributed by atoms with Gasteiger partial charge in [0, 0.05) is 11.4 Å². The van der Waals surface area contributed by atoms with Crippen molar-refractivity contribution in [1.29, 1.82) is 0 Å². The van der Waals surface area contributed by atoms with Gasteiger partial charge >= 0.3 is 0 Å². The second-order valence-corrected chi connectivity index (χ2v) is 5.11. The number of halogens is 1. The summed E-state index contributed by atoms with van der Waals surface area (Å²) in [7, 11) is 0. The number of aryl methyl sites for hydroxylation is 1. The number of nitrogens with zero attached hydrogens (tertiary/aromatic N) is 1. The van der Waals surface area contributed by atoms with Crippen LogP contribution in [0.1, 0.15) is 24.2 Å². The Balaban J connectivity index is 1.64. The minimum Gasteiger partial charge on any atom is -0.493 e. The Hall–Kier alpha value is -2.27. The zero-order valence-electron chi connectivity index (χ0n) is 12.2. The molecular formula is C16H17ClN2O3. The lowest BCUT2D eigenvalue weighted by Gasteiger charge is -2.08. The highest BCUT2D eigenvalue weighted by Gasteiger charge is 2.02. The number of ether oxygens (including phenoxy) is 1. The Morgan fingerprint density at radius 2 is 2.32 bits per heavy atom. The van der Waals surface area contributed by atoms with Crippen LogP contribution in [0.25, 0.3) is 0 Å². The highest BCUT2D eigenvalue weighted by Crippen LogP contribution is 2.21. The van der Waals surface area contributed by atoms with Crippen LogP contribution >= 0.6 is 11.6 Å². The monoisotopic (exact) mass is 320 g/mol. The van der Waals surface area contributed by atoms with Crippen LogP contribution in [0, 0.1) is 6.92 Å². The van der Waals surface area contributed by atoms with E-state index in [0.29, 0.717) is 30.2 Å². The van der Waals surface area contributed by atoms with E-state index in [1.165, 1.54) is 6.21 Å². The fourth-order valence-corrected chi connectivity index (χ4v) is 2.00. The van der Waals surface area contributed by atoms with Gasteiger partial charge in [-0.25, -0.2) is 5.43 Å². The number of hydrogen-bond donors (Lipinski definition) is 1. The summed E-state index contributed by atoms with van der Waals surface area (Å²) in [5.74, 6) is 1.20. The fraction of sp³-hybridized carbons (Fsp3) is 0.250. The van der Waals surface area contributed by atoms with Crippen LogP contribution in [-0.4, -0.2) is 18.7 Å². The van der Waals surface area contributed by atoms with Gasteiger partial charge in [-0.15, -0.1) is 0 Å². The summed E-state index contributed by atoms with van der Waals surface area (Å²) in [5.41, 5.74) is 3.41. The number of amides is 1. The summed E-state index contributed by atoms with van der Waals surface area (Å²) >= 11 is 5.88. The number of hydrazone groups is 1. The molecule has 0 aliphatic carbocycles. The number of carbonyl (C=O) groups is 1. The zero-order chi connectivity index (χ0) is 15.8. The second-order valence-electron chi connectivity index (χ2n) is 4.67. The molecule has 0 atom stereocenters. The van der Waals surface area contributed by atoms with E-state index in [1.54, 1.807) is 24.5 Å². The second kappa shape index (κ2) is 8.24. The molecule has 116 valence electrons. The summed E-state index contributed by atoms with van der Waals surface area (Å²) in [4.78, 5) is 11.6. The van der Waals surface area contributed by atoms with Crippen LogP contribution in [0.15, 0.2) is 46.1 Å². The smallest absolute Gasteiger partial charge is 0.240 e. The van der Waals surface area contributed by atoms with Crippen LogP contribution in [0.5, 0.6) is 5.75 Å². The van der Waals surface area contributed by atoms with E-state index in [9.17, 15) is 4.79 Å². The van der Waals surface area contributed by atoms with Crippen molar-refractivity contribution >= 4 is 23.7 Å². The molecule has 2 aromatic rings. The third-order valence-corrected chi connectivity index (χ3v) is 3.10. The predicted octanol–water partition coefficient (Wildman–Crippen LogP) is 3.55. The van der Waals surface area contributed by atoms with Crippen molar-refractivity contribution in [2.45, 2.75) is 19.8 Å². The highest BCUT2D eigenvalue weighted by molar-refractivity contribution is 6.30. The summed E-state index contributed by atoms with van der Waals surface area (Å²) in [6.07, 6.45) is 3.93. The van der Waals surface area contributed by atoms with Gasteiger partial charge in [-0.05, 0) is 49.2 Å². The number of carbonyl (C=O) groups excluding carboxylic acids is 1. The number of nitrogens with one attached hydrogen (secondary N) is 1. The van der Waals surface area contributed by atoms with Crippen molar-refractivity contribution < 1.29 is 13.9 Å². The first kappa shape index (κ1) is 16.1. The highest BCUT2D eigenvalue weighted by atomic mass is 35.5. The lowest BCUT2D eigenvalue weighted by atomic mass is 10.2. The molecule has 0 spiro atoms. The maximum atomic E-state index is 11.6. The molecule has 0 aliphatic heterocycles. The van der Waals surface area contributed by atoms with Crippen molar-refractivity contribution in [1.82, 2.24) is 5.43 Å². The molecule has 22 heavy (non-hydrogen) atoms. The van der Waals surface area contributed by atoms with E-state index < -0.39 is 0 Å². The molecule has 1 heterocycles. The molecule has 1 N–H and O–H groups in total. The summed E-state index contributed by atoms with van der Waals surface area (Å²) in [6.45, 7) is 2.38. The first-order chi connectivity index (χ1) is 10.6. The van der Waals surface area contributed by atoms with E-state index in [2.05, 4.69) is 10.5 Å². The molecular weight excluding hydrogens is 304 g/mol. The molecule has 0 bridgehead atoms. The van der Waals surface area contributed by atoms with Gasteiger partial charge < -0.3 is 9.15 Å². The Kier molecular flexibility index (Phi) is 6.03. The summed E-state index contributed by atoms with van der Waals surface area (Å²) in [6, 6.07) is 8.94. The fourth-order valence-electron chi connectivity index (χ4n) is 1.78. The van der Waals surface area contributed by atoms with Crippen LogP contribution in [0.4, 0.5) is 0 Å². The van der Waals surface area contributed by atoms with Gasteiger partial charge in [-0.2, -0.15) is 5.10 Å². The lowest BCUT2D eigenvalue weighted by molar-refractivity contribution is -0.121.